The Bertz CT molecular complexity index is 747. The number of aromatic hydroxyl groups is 1. The van der Waals surface area contributed by atoms with Gasteiger partial charge >= 0.3 is 0 Å². The molecule has 4 heteroatoms. The van der Waals surface area contributed by atoms with Gasteiger partial charge in [0.25, 0.3) is 0 Å². The highest BCUT2D eigenvalue weighted by molar-refractivity contribution is 6.31. The number of aliphatic hydroxyl groups is 1. The van der Waals surface area contributed by atoms with Gasteiger partial charge in [-0.1, -0.05) is 29.8 Å². The quantitative estimate of drug-likeness (QED) is 0.774. The molecule has 0 aliphatic rings. The Balaban J connectivity index is 2.06. The molecule has 102 valence electrons. The summed E-state index contributed by atoms with van der Waals surface area (Å²) in [6.07, 6.45) is 1.94. The molecule has 2 N–H and O–H groups in total. The van der Waals surface area contributed by atoms with Crippen LogP contribution in [0.4, 0.5) is 0 Å². The van der Waals surface area contributed by atoms with Crippen LogP contribution in [-0.2, 0) is 13.2 Å². The molecule has 20 heavy (non-hydrogen) atoms. The molecule has 1 heterocycles. The molecule has 0 fully saturated rings. The number of hydrogen-bond donors (Lipinski definition) is 2. The number of hydrogen-bond acceptors (Lipinski definition) is 2. The number of aliphatic hydroxyl groups excluding tert-OH is 1. The van der Waals surface area contributed by atoms with Crippen LogP contribution in [-0.4, -0.2) is 14.8 Å². The van der Waals surface area contributed by atoms with E-state index in [2.05, 4.69) is 4.57 Å². The van der Waals surface area contributed by atoms with Crippen LogP contribution in [0.15, 0.2) is 48.7 Å². The number of phenols is 1. The second kappa shape index (κ2) is 5.19. The lowest BCUT2D eigenvalue weighted by Crippen LogP contribution is -1.97. The summed E-state index contributed by atoms with van der Waals surface area (Å²) in [5, 5.41) is 20.4. The molecule has 0 spiro atoms. The SMILES string of the molecule is OCc1cn(Cc2ccc(O)cc2)c2cc(Cl)ccc12. The summed E-state index contributed by atoms with van der Waals surface area (Å²) in [4.78, 5) is 0. The van der Waals surface area contributed by atoms with Gasteiger partial charge in [-0.2, -0.15) is 0 Å². The van der Waals surface area contributed by atoms with E-state index < -0.39 is 0 Å². The van der Waals surface area contributed by atoms with Crippen LogP contribution in [0.25, 0.3) is 10.9 Å². The Morgan fingerprint density at radius 2 is 1.80 bits per heavy atom. The Morgan fingerprint density at radius 3 is 2.50 bits per heavy atom. The lowest BCUT2D eigenvalue weighted by atomic mass is 10.2. The number of phenolic OH excluding ortho intramolecular Hbond substituents is 1. The molecule has 0 bridgehead atoms. The van der Waals surface area contributed by atoms with E-state index in [1.807, 2.05) is 36.5 Å². The summed E-state index contributed by atoms with van der Waals surface area (Å²) in [6, 6.07) is 12.7. The van der Waals surface area contributed by atoms with Crippen LogP contribution in [0.1, 0.15) is 11.1 Å². The first kappa shape index (κ1) is 13.0. The third-order valence-electron chi connectivity index (χ3n) is 3.39. The van der Waals surface area contributed by atoms with Crippen molar-refractivity contribution >= 4 is 22.5 Å². The van der Waals surface area contributed by atoms with E-state index in [9.17, 15) is 10.2 Å². The summed E-state index contributed by atoms with van der Waals surface area (Å²) in [5.41, 5.74) is 2.95. The van der Waals surface area contributed by atoms with E-state index in [4.69, 9.17) is 11.6 Å². The van der Waals surface area contributed by atoms with Crippen LogP contribution in [0.5, 0.6) is 5.75 Å². The monoisotopic (exact) mass is 287 g/mol. The van der Waals surface area contributed by atoms with E-state index in [-0.39, 0.29) is 12.4 Å². The zero-order chi connectivity index (χ0) is 14.1. The van der Waals surface area contributed by atoms with Crippen molar-refractivity contribution in [2.75, 3.05) is 0 Å². The van der Waals surface area contributed by atoms with E-state index >= 15 is 0 Å². The minimum atomic E-state index is 0.000705. The lowest BCUT2D eigenvalue weighted by Gasteiger charge is -2.06. The minimum absolute atomic E-state index is 0.000705. The van der Waals surface area contributed by atoms with Gasteiger partial charge in [-0.15, -0.1) is 0 Å². The molecule has 0 radical (unpaired) electrons. The fourth-order valence-electron chi connectivity index (χ4n) is 2.40. The highest BCUT2D eigenvalue weighted by atomic mass is 35.5. The summed E-state index contributed by atoms with van der Waals surface area (Å²) < 4.78 is 2.05. The Labute approximate surface area is 121 Å². The largest absolute Gasteiger partial charge is 0.508 e. The molecule has 0 saturated heterocycles. The average molecular weight is 288 g/mol. The van der Waals surface area contributed by atoms with Gasteiger partial charge in [-0.25, -0.2) is 0 Å². The summed E-state index contributed by atoms with van der Waals surface area (Å²) in [7, 11) is 0. The maximum atomic E-state index is 9.44. The van der Waals surface area contributed by atoms with Gasteiger partial charge in [-0.3, -0.25) is 0 Å². The van der Waals surface area contributed by atoms with Crippen molar-refractivity contribution in [1.29, 1.82) is 0 Å². The zero-order valence-electron chi connectivity index (χ0n) is 10.8. The van der Waals surface area contributed by atoms with Crippen LogP contribution >= 0.6 is 11.6 Å². The second-order valence-electron chi connectivity index (χ2n) is 4.77. The fraction of sp³-hybridized carbons (Fsp3) is 0.125. The fourth-order valence-corrected chi connectivity index (χ4v) is 2.56. The number of fused-ring (bicyclic) bond motifs is 1. The van der Waals surface area contributed by atoms with Gasteiger partial charge < -0.3 is 14.8 Å². The molecule has 2 aromatic carbocycles. The molecule has 0 amide bonds. The topological polar surface area (TPSA) is 45.4 Å². The first-order chi connectivity index (χ1) is 9.67. The van der Waals surface area contributed by atoms with Gasteiger partial charge in [0.05, 0.1) is 12.1 Å². The number of benzene rings is 2. The first-order valence-corrected chi connectivity index (χ1v) is 6.71. The molecule has 3 rings (SSSR count). The normalized spacial score (nSPS) is 11.1. The van der Waals surface area contributed by atoms with Crippen molar-refractivity contribution in [3.05, 3.63) is 64.8 Å². The van der Waals surface area contributed by atoms with Gasteiger partial charge in [0, 0.05) is 28.7 Å². The smallest absolute Gasteiger partial charge is 0.115 e. The molecule has 3 aromatic rings. The van der Waals surface area contributed by atoms with E-state index in [1.54, 1.807) is 12.1 Å². The highest BCUT2D eigenvalue weighted by Gasteiger charge is 2.08. The molecular formula is C16H14ClNO2. The van der Waals surface area contributed by atoms with Crippen LogP contribution in [0, 0.1) is 0 Å². The average Bonchev–Trinajstić information content (AvgIpc) is 2.79. The number of halogens is 1. The van der Waals surface area contributed by atoms with E-state index in [1.165, 1.54) is 0 Å². The third kappa shape index (κ3) is 2.38. The Hall–Kier alpha value is -1.97. The van der Waals surface area contributed by atoms with Crippen LogP contribution in [0.2, 0.25) is 5.02 Å². The second-order valence-corrected chi connectivity index (χ2v) is 5.20. The molecule has 0 unspecified atom stereocenters. The van der Waals surface area contributed by atoms with Crippen LogP contribution < -0.4 is 0 Å². The standard InChI is InChI=1S/C16H14ClNO2/c17-13-3-6-15-12(10-19)9-18(16(15)7-13)8-11-1-4-14(20)5-2-11/h1-7,9,19-20H,8,10H2. The van der Waals surface area contributed by atoms with Gasteiger partial charge in [0.1, 0.15) is 5.75 Å². The van der Waals surface area contributed by atoms with Gasteiger partial charge in [0.15, 0.2) is 0 Å². The third-order valence-corrected chi connectivity index (χ3v) is 3.62. The Kier molecular flexibility index (Phi) is 3.38. The lowest BCUT2D eigenvalue weighted by molar-refractivity contribution is 0.283. The number of aromatic nitrogens is 1. The summed E-state index contributed by atoms with van der Waals surface area (Å²) in [5.74, 6) is 0.255. The van der Waals surface area contributed by atoms with Crippen molar-refractivity contribution in [3.8, 4) is 5.75 Å². The van der Waals surface area contributed by atoms with E-state index in [0.717, 1.165) is 22.0 Å². The molecule has 0 saturated carbocycles. The number of nitrogens with zero attached hydrogens (tertiary/aromatic N) is 1. The molecule has 0 aliphatic carbocycles. The minimum Gasteiger partial charge on any atom is -0.508 e. The predicted octanol–water partition coefficient (Wildman–Crippen LogP) is 3.54. The number of rotatable bonds is 3. The van der Waals surface area contributed by atoms with Crippen molar-refractivity contribution in [2.45, 2.75) is 13.2 Å². The molecular weight excluding hydrogens is 274 g/mol. The molecule has 0 aliphatic heterocycles. The summed E-state index contributed by atoms with van der Waals surface area (Å²) >= 11 is 6.06. The van der Waals surface area contributed by atoms with E-state index in [0.29, 0.717) is 11.6 Å². The first-order valence-electron chi connectivity index (χ1n) is 6.33. The molecule has 3 nitrogen and oxygen atoms in total. The predicted molar refractivity (Wildman–Crippen MR) is 80.1 cm³/mol. The Morgan fingerprint density at radius 1 is 1.05 bits per heavy atom. The van der Waals surface area contributed by atoms with Crippen molar-refractivity contribution in [3.63, 3.8) is 0 Å². The van der Waals surface area contributed by atoms with Gasteiger partial charge in [0.2, 0.25) is 0 Å². The van der Waals surface area contributed by atoms with Crippen molar-refractivity contribution < 1.29 is 10.2 Å². The molecule has 0 atom stereocenters. The van der Waals surface area contributed by atoms with Gasteiger partial charge in [-0.05, 0) is 29.8 Å². The summed E-state index contributed by atoms with van der Waals surface area (Å²) in [6.45, 7) is 0.665. The zero-order valence-corrected chi connectivity index (χ0v) is 11.5. The highest BCUT2D eigenvalue weighted by Crippen LogP contribution is 2.26. The maximum absolute atomic E-state index is 9.44. The van der Waals surface area contributed by atoms with Crippen molar-refractivity contribution in [2.24, 2.45) is 0 Å². The molecule has 1 aromatic heterocycles. The maximum Gasteiger partial charge on any atom is 0.115 e. The van der Waals surface area contributed by atoms with Crippen LogP contribution in [0.3, 0.4) is 0 Å². The van der Waals surface area contributed by atoms with Crippen molar-refractivity contribution in [1.82, 2.24) is 4.57 Å².